The smallest absolute Gasteiger partial charge is 0.0818 e. The van der Waals surface area contributed by atoms with Gasteiger partial charge < -0.3 is 0 Å². The summed E-state index contributed by atoms with van der Waals surface area (Å²) >= 11 is 0. The van der Waals surface area contributed by atoms with E-state index >= 15 is 0 Å². The van der Waals surface area contributed by atoms with E-state index in [0.29, 0.717) is 6.54 Å². The first-order valence-electron chi connectivity index (χ1n) is 6.62. The molecule has 0 bridgehead atoms. The van der Waals surface area contributed by atoms with E-state index in [2.05, 4.69) is 28.2 Å². The highest BCUT2D eigenvalue weighted by Gasteiger charge is 2.21. The van der Waals surface area contributed by atoms with Crippen molar-refractivity contribution in [3.8, 4) is 17.2 Å². The number of nitriles is 1. The Balaban J connectivity index is 2.13. The van der Waals surface area contributed by atoms with Crippen molar-refractivity contribution in [1.82, 2.24) is 4.98 Å². The zero-order chi connectivity index (χ0) is 14.2. The van der Waals surface area contributed by atoms with E-state index < -0.39 is 5.41 Å². The van der Waals surface area contributed by atoms with Crippen LogP contribution in [0.2, 0.25) is 0 Å². The Morgan fingerprint density at radius 3 is 2.90 bits per heavy atom. The minimum absolute atomic E-state index is 0.486. The van der Waals surface area contributed by atoms with E-state index in [9.17, 15) is 5.26 Å². The van der Waals surface area contributed by atoms with Crippen LogP contribution in [0.25, 0.3) is 11.1 Å². The third kappa shape index (κ3) is 2.00. The molecular weight excluding hydrogens is 246 g/mol. The largest absolute Gasteiger partial charge is 0.286 e. The van der Waals surface area contributed by atoms with Gasteiger partial charge in [-0.2, -0.15) is 5.26 Å². The Hall–Kier alpha value is -2.47. The minimum Gasteiger partial charge on any atom is -0.286 e. The number of fused-ring (bicyclic) bond motifs is 1. The summed E-state index contributed by atoms with van der Waals surface area (Å²) < 4.78 is 0. The average molecular weight is 261 g/mol. The zero-order valence-electron chi connectivity index (χ0n) is 11.6. The van der Waals surface area contributed by atoms with Crippen LogP contribution in [0.5, 0.6) is 0 Å². The topological polar surface area (TPSA) is 49.0 Å². The van der Waals surface area contributed by atoms with E-state index in [0.717, 1.165) is 27.9 Å². The van der Waals surface area contributed by atoms with Crippen molar-refractivity contribution in [2.45, 2.75) is 25.8 Å². The number of hydrogen-bond donors (Lipinski definition) is 0. The Labute approximate surface area is 118 Å². The fraction of sp³-hybridized carbons (Fsp3) is 0.235. The van der Waals surface area contributed by atoms with Gasteiger partial charge in [0.05, 0.1) is 23.7 Å². The van der Waals surface area contributed by atoms with Crippen molar-refractivity contribution >= 4 is 6.21 Å². The lowest BCUT2D eigenvalue weighted by molar-refractivity contribution is 0.687. The molecule has 0 spiro atoms. The molecule has 0 N–H and O–H groups in total. The van der Waals surface area contributed by atoms with Crippen molar-refractivity contribution in [3.63, 3.8) is 0 Å². The van der Waals surface area contributed by atoms with E-state index in [1.165, 1.54) is 0 Å². The number of aromatic nitrogens is 1. The van der Waals surface area contributed by atoms with E-state index in [-0.39, 0.29) is 0 Å². The minimum atomic E-state index is -0.486. The molecule has 1 aromatic heterocycles. The summed E-state index contributed by atoms with van der Waals surface area (Å²) in [7, 11) is 0. The second kappa shape index (κ2) is 4.57. The number of aliphatic imine (C=N–C) groups is 1. The van der Waals surface area contributed by atoms with Crippen molar-refractivity contribution in [3.05, 3.63) is 53.3 Å². The van der Waals surface area contributed by atoms with Gasteiger partial charge >= 0.3 is 0 Å². The third-order valence-corrected chi connectivity index (χ3v) is 3.71. The molecule has 0 unspecified atom stereocenters. The van der Waals surface area contributed by atoms with Gasteiger partial charge in [0, 0.05) is 18.0 Å². The van der Waals surface area contributed by atoms with Crippen LogP contribution in [0.15, 0.2) is 41.5 Å². The molecule has 0 atom stereocenters. The number of pyridine rings is 1. The molecule has 0 aliphatic carbocycles. The Morgan fingerprint density at radius 1 is 1.25 bits per heavy atom. The number of benzene rings is 1. The monoisotopic (exact) mass is 261 g/mol. The molecule has 1 aliphatic heterocycles. The zero-order valence-corrected chi connectivity index (χ0v) is 11.6. The summed E-state index contributed by atoms with van der Waals surface area (Å²) in [6.07, 6.45) is 3.71. The maximum absolute atomic E-state index is 9.28. The summed E-state index contributed by atoms with van der Waals surface area (Å²) in [6, 6.07) is 12.5. The van der Waals surface area contributed by atoms with Crippen LogP contribution in [0, 0.1) is 11.3 Å². The highest BCUT2D eigenvalue weighted by Crippen LogP contribution is 2.30. The first-order valence-corrected chi connectivity index (χ1v) is 6.62. The first-order chi connectivity index (χ1) is 9.62. The molecule has 0 saturated heterocycles. The van der Waals surface area contributed by atoms with Crippen molar-refractivity contribution < 1.29 is 0 Å². The molecule has 3 heteroatoms. The summed E-state index contributed by atoms with van der Waals surface area (Å²) in [5, 5.41) is 9.28. The van der Waals surface area contributed by atoms with Gasteiger partial charge in [-0.25, -0.2) is 0 Å². The molecule has 0 radical (unpaired) electrons. The predicted octanol–water partition coefficient (Wildman–Crippen LogP) is 3.48. The quantitative estimate of drug-likeness (QED) is 0.831. The molecule has 98 valence electrons. The predicted molar refractivity (Wildman–Crippen MR) is 79.6 cm³/mol. The Morgan fingerprint density at radius 2 is 2.10 bits per heavy atom. The molecule has 3 rings (SSSR count). The van der Waals surface area contributed by atoms with Crippen LogP contribution in [0.1, 0.15) is 30.7 Å². The summed E-state index contributed by atoms with van der Waals surface area (Å²) in [5.41, 5.74) is 4.90. The van der Waals surface area contributed by atoms with Crippen molar-refractivity contribution in [2.24, 2.45) is 4.99 Å². The van der Waals surface area contributed by atoms with Gasteiger partial charge in [-0.1, -0.05) is 18.2 Å². The van der Waals surface area contributed by atoms with Gasteiger partial charge in [-0.05, 0) is 42.7 Å². The van der Waals surface area contributed by atoms with E-state index in [1.54, 1.807) is 0 Å². The molecule has 0 saturated carbocycles. The first kappa shape index (κ1) is 12.6. The molecule has 20 heavy (non-hydrogen) atoms. The van der Waals surface area contributed by atoms with Gasteiger partial charge in [0.2, 0.25) is 0 Å². The third-order valence-electron chi connectivity index (χ3n) is 3.71. The number of hydrogen-bond acceptors (Lipinski definition) is 3. The summed E-state index contributed by atoms with van der Waals surface area (Å²) in [6.45, 7) is 4.53. The molecule has 3 nitrogen and oxygen atoms in total. The fourth-order valence-corrected chi connectivity index (χ4v) is 2.40. The molecule has 0 fully saturated rings. The second-order valence-corrected chi connectivity index (χ2v) is 5.51. The van der Waals surface area contributed by atoms with E-state index in [1.807, 2.05) is 44.5 Å². The molecule has 1 aromatic carbocycles. The fourth-order valence-electron chi connectivity index (χ4n) is 2.40. The maximum atomic E-state index is 9.28. The SMILES string of the molecule is CC(C)(C#N)c1cccc(-c2ccnc3c2C=NC3)c1. The summed E-state index contributed by atoms with van der Waals surface area (Å²) in [4.78, 5) is 8.64. The molecule has 1 aliphatic rings. The highest BCUT2D eigenvalue weighted by molar-refractivity contribution is 5.93. The van der Waals surface area contributed by atoms with Gasteiger partial charge in [-0.3, -0.25) is 9.98 Å². The average Bonchev–Trinajstić information content (AvgIpc) is 2.95. The maximum Gasteiger partial charge on any atom is 0.0818 e. The lowest BCUT2D eigenvalue weighted by atomic mass is 9.84. The number of nitrogens with zero attached hydrogens (tertiary/aromatic N) is 3. The molecular formula is C17H15N3. The van der Waals surface area contributed by atoms with Gasteiger partial charge in [-0.15, -0.1) is 0 Å². The van der Waals surface area contributed by atoms with Crippen LogP contribution >= 0.6 is 0 Å². The van der Waals surface area contributed by atoms with Crippen molar-refractivity contribution in [1.29, 1.82) is 5.26 Å². The lowest BCUT2D eigenvalue weighted by Crippen LogP contribution is -2.13. The lowest BCUT2D eigenvalue weighted by Gasteiger charge is -2.17. The normalized spacial score (nSPS) is 13.1. The van der Waals surface area contributed by atoms with Crippen LogP contribution in [0.4, 0.5) is 0 Å². The molecule has 2 heterocycles. The molecule has 0 amide bonds. The number of rotatable bonds is 2. The van der Waals surface area contributed by atoms with E-state index in [4.69, 9.17) is 0 Å². The standard InChI is InChI=1S/C17H15N3/c1-17(2,11-18)13-5-3-4-12(8-13)14-6-7-20-16-10-19-9-15(14)16/h3-9H,10H2,1-2H3. The van der Waals surface area contributed by atoms with Crippen LogP contribution in [0.3, 0.4) is 0 Å². The van der Waals surface area contributed by atoms with Crippen molar-refractivity contribution in [2.75, 3.05) is 0 Å². The molecule has 2 aromatic rings. The van der Waals surface area contributed by atoms with Crippen LogP contribution in [-0.4, -0.2) is 11.2 Å². The van der Waals surface area contributed by atoms with Crippen LogP contribution < -0.4 is 0 Å². The van der Waals surface area contributed by atoms with Crippen LogP contribution in [-0.2, 0) is 12.0 Å². The van der Waals surface area contributed by atoms with Gasteiger partial charge in [0.15, 0.2) is 0 Å². The van der Waals surface area contributed by atoms with Gasteiger partial charge in [0.25, 0.3) is 0 Å². The van der Waals surface area contributed by atoms with Gasteiger partial charge in [0.1, 0.15) is 0 Å². The second-order valence-electron chi connectivity index (χ2n) is 5.51. The summed E-state index contributed by atoms with van der Waals surface area (Å²) in [5.74, 6) is 0. The highest BCUT2D eigenvalue weighted by atomic mass is 14.8. The Bertz CT molecular complexity index is 736. The Kier molecular flexibility index (Phi) is 2.87.